The Morgan fingerprint density at radius 1 is 0.528 bits per heavy atom. The van der Waals surface area contributed by atoms with Crippen LogP contribution in [0.5, 0.6) is 0 Å². The zero-order valence-electron chi connectivity index (χ0n) is 18.8. The molecule has 0 aliphatic rings. The smallest absolute Gasteiger partial charge is 0.164 e. The van der Waals surface area contributed by atoms with Gasteiger partial charge in [0, 0.05) is 0 Å². The average molecular weight is 515 g/mol. The van der Waals surface area contributed by atoms with Crippen LogP contribution in [0.1, 0.15) is 12.3 Å². The molecule has 0 radical (unpaired) electrons. The van der Waals surface area contributed by atoms with E-state index in [2.05, 4.69) is 31.3 Å². The van der Waals surface area contributed by atoms with Crippen LogP contribution in [-0.4, -0.2) is 30.0 Å². The number of aromatic nitrogens is 6. The van der Waals surface area contributed by atoms with Gasteiger partial charge in [-0.1, -0.05) is 82.2 Å². The highest BCUT2D eigenvalue weighted by Crippen LogP contribution is 2.34. The maximum absolute atomic E-state index is 6.57. The van der Waals surface area contributed by atoms with E-state index in [4.69, 9.17) is 23.2 Å². The van der Waals surface area contributed by atoms with Crippen molar-refractivity contribution in [1.82, 2.24) is 30.0 Å². The van der Waals surface area contributed by atoms with E-state index in [-0.39, 0.29) is 0 Å². The van der Waals surface area contributed by atoms with Gasteiger partial charge in [0.05, 0.1) is 32.5 Å². The molecule has 8 nitrogen and oxygen atoms in total. The summed E-state index contributed by atoms with van der Waals surface area (Å²) in [5.74, 6) is 0. The van der Waals surface area contributed by atoms with E-state index in [1.54, 1.807) is 0 Å². The Balaban J connectivity index is 1.57. The molecule has 0 aliphatic carbocycles. The van der Waals surface area contributed by atoms with Crippen molar-refractivity contribution in [3.63, 3.8) is 0 Å². The lowest BCUT2D eigenvalue weighted by atomic mass is 10.2. The van der Waals surface area contributed by atoms with E-state index in [0.717, 1.165) is 33.4 Å². The molecule has 0 saturated heterocycles. The Kier molecular flexibility index (Phi) is 5.88. The molecule has 2 heterocycles. The SMILES string of the molecule is Clc1ccccc1NC(C(Nc1ccccc1Cl)n1nnc2ccccc21)n1nnc2ccccc21. The summed E-state index contributed by atoms with van der Waals surface area (Å²) >= 11 is 13.1. The third kappa shape index (κ3) is 4.10. The summed E-state index contributed by atoms with van der Waals surface area (Å²) in [5.41, 5.74) is 4.69. The first-order chi connectivity index (χ1) is 17.7. The number of nitrogens with one attached hydrogen (secondary N) is 2. The third-order valence-corrected chi connectivity index (χ3v) is 6.59. The highest BCUT2D eigenvalue weighted by Gasteiger charge is 2.31. The van der Waals surface area contributed by atoms with Crippen molar-refractivity contribution in [2.45, 2.75) is 12.3 Å². The summed E-state index contributed by atoms with van der Waals surface area (Å²) in [6.45, 7) is 0. The number of para-hydroxylation sites is 4. The minimum Gasteiger partial charge on any atom is -0.359 e. The molecule has 0 bridgehead atoms. The molecule has 10 heteroatoms. The number of hydrogen-bond donors (Lipinski definition) is 2. The fraction of sp³-hybridized carbons (Fsp3) is 0.0769. The first-order valence-corrected chi connectivity index (χ1v) is 12.1. The molecule has 0 spiro atoms. The van der Waals surface area contributed by atoms with Gasteiger partial charge in [-0.05, 0) is 48.5 Å². The molecule has 2 aromatic heterocycles. The van der Waals surface area contributed by atoms with Gasteiger partial charge in [0.25, 0.3) is 0 Å². The van der Waals surface area contributed by atoms with Gasteiger partial charge in [-0.3, -0.25) is 0 Å². The average Bonchev–Trinajstić information content (AvgIpc) is 3.53. The molecule has 0 fully saturated rings. The number of anilines is 2. The second-order valence-electron chi connectivity index (χ2n) is 8.18. The van der Waals surface area contributed by atoms with Crippen molar-refractivity contribution in [2.75, 3.05) is 10.6 Å². The predicted octanol–water partition coefficient (Wildman–Crippen LogP) is 6.40. The van der Waals surface area contributed by atoms with Crippen LogP contribution < -0.4 is 10.6 Å². The van der Waals surface area contributed by atoms with E-state index < -0.39 is 12.3 Å². The van der Waals surface area contributed by atoms with Crippen molar-refractivity contribution in [1.29, 1.82) is 0 Å². The van der Waals surface area contributed by atoms with E-state index in [1.165, 1.54) is 0 Å². The quantitative estimate of drug-likeness (QED) is 0.256. The second-order valence-corrected chi connectivity index (χ2v) is 9.00. The van der Waals surface area contributed by atoms with Crippen molar-refractivity contribution in [2.24, 2.45) is 0 Å². The lowest BCUT2D eigenvalue weighted by molar-refractivity contribution is 0.347. The normalized spacial score (nSPS) is 13.1. The first kappa shape index (κ1) is 22.3. The molecule has 2 atom stereocenters. The lowest BCUT2D eigenvalue weighted by Gasteiger charge is -2.31. The van der Waals surface area contributed by atoms with Crippen LogP contribution in [0.3, 0.4) is 0 Å². The van der Waals surface area contributed by atoms with Gasteiger partial charge >= 0.3 is 0 Å². The molecule has 0 amide bonds. The summed E-state index contributed by atoms with van der Waals surface area (Å²) in [6.07, 6.45) is -1.09. The summed E-state index contributed by atoms with van der Waals surface area (Å²) in [6, 6.07) is 30.7. The van der Waals surface area contributed by atoms with Crippen LogP contribution in [0.4, 0.5) is 11.4 Å². The molecule has 0 saturated carbocycles. The Hall–Kier alpha value is -4.14. The predicted molar refractivity (Wildman–Crippen MR) is 143 cm³/mol. The van der Waals surface area contributed by atoms with Crippen molar-refractivity contribution in [3.05, 3.63) is 107 Å². The van der Waals surface area contributed by atoms with Crippen molar-refractivity contribution in [3.8, 4) is 0 Å². The molecule has 36 heavy (non-hydrogen) atoms. The van der Waals surface area contributed by atoms with Gasteiger partial charge in [-0.15, -0.1) is 10.2 Å². The fourth-order valence-corrected chi connectivity index (χ4v) is 4.59. The molecule has 2 N–H and O–H groups in total. The molecule has 6 aromatic rings. The maximum Gasteiger partial charge on any atom is 0.164 e. The van der Waals surface area contributed by atoms with E-state index in [1.807, 2.05) is 106 Å². The molecule has 6 rings (SSSR count). The number of fused-ring (bicyclic) bond motifs is 2. The monoisotopic (exact) mass is 514 g/mol. The lowest BCUT2D eigenvalue weighted by Crippen LogP contribution is -2.35. The number of hydrogen-bond acceptors (Lipinski definition) is 6. The summed E-state index contributed by atoms with van der Waals surface area (Å²) in [4.78, 5) is 0. The van der Waals surface area contributed by atoms with Gasteiger partial charge in [0.2, 0.25) is 0 Å². The van der Waals surface area contributed by atoms with Crippen molar-refractivity contribution < 1.29 is 0 Å². The van der Waals surface area contributed by atoms with E-state index in [9.17, 15) is 0 Å². The van der Waals surface area contributed by atoms with Gasteiger partial charge in [-0.2, -0.15) is 0 Å². The van der Waals surface area contributed by atoms with Crippen molar-refractivity contribution >= 4 is 56.6 Å². The highest BCUT2D eigenvalue weighted by atomic mass is 35.5. The van der Waals surface area contributed by atoms with Crippen LogP contribution in [0.2, 0.25) is 10.0 Å². The van der Waals surface area contributed by atoms with Gasteiger partial charge < -0.3 is 10.6 Å². The largest absolute Gasteiger partial charge is 0.359 e. The number of rotatable bonds is 7. The van der Waals surface area contributed by atoms with Gasteiger partial charge in [-0.25, -0.2) is 9.36 Å². The number of benzene rings is 4. The van der Waals surface area contributed by atoms with E-state index >= 15 is 0 Å². The Bertz CT molecular complexity index is 1540. The topological polar surface area (TPSA) is 85.5 Å². The molecular formula is C26H20Cl2N8. The Labute approximate surface area is 216 Å². The molecule has 2 unspecified atom stereocenters. The first-order valence-electron chi connectivity index (χ1n) is 11.3. The van der Waals surface area contributed by atoms with Crippen LogP contribution in [0, 0.1) is 0 Å². The van der Waals surface area contributed by atoms with Gasteiger partial charge in [0.1, 0.15) is 11.0 Å². The summed E-state index contributed by atoms with van der Waals surface area (Å²) in [7, 11) is 0. The van der Waals surface area contributed by atoms with Crippen LogP contribution >= 0.6 is 23.2 Å². The zero-order chi connectivity index (χ0) is 24.5. The third-order valence-electron chi connectivity index (χ3n) is 5.94. The van der Waals surface area contributed by atoms with Crippen LogP contribution in [-0.2, 0) is 0 Å². The standard InChI is InChI=1S/C26H20Cl2N8/c27-17-9-1-3-11-19(17)29-25(35-23-15-7-5-13-21(23)31-33-35)26(30-20-12-4-2-10-18(20)28)36-24-16-8-6-14-22(24)32-34-36/h1-16,25-26,29-30H. The molecule has 4 aromatic carbocycles. The Morgan fingerprint density at radius 3 is 1.36 bits per heavy atom. The number of nitrogens with zero attached hydrogens (tertiary/aromatic N) is 6. The van der Waals surface area contributed by atoms with E-state index in [0.29, 0.717) is 10.0 Å². The van der Waals surface area contributed by atoms with Crippen LogP contribution in [0.15, 0.2) is 97.1 Å². The minimum absolute atomic E-state index is 0.543. The van der Waals surface area contributed by atoms with Gasteiger partial charge in [0.15, 0.2) is 12.3 Å². The molecule has 178 valence electrons. The minimum atomic E-state index is -0.543. The summed E-state index contributed by atoms with van der Waals surface area (Å²) in [5, 5.41) is 26.1. The fourth-order valence-electron chi connectivity index (χ4n) is 4.21. The number of halogens is 2. The Morgan fingerprint density at radius 2 is 0.917 bits per heavy atom. The molecular weight excluding hydrogens is 495 g/mol. The zero-order valence-corrected chi connectivity index (χ0v) is 20.3. The highest BCUT2D eigenvalue weighted by molar-refractivity contribution is 6.33. The van der Waals surface area contributed by atoms with Crippen LogP contribution in [0.25, 0.3) is 22.1 Å². The maximum atomic E-state index is 6.57. The second kappa shape index (κ2) is 9.49. The summed E-state index contributed by atoms with van der Waals surface area (Å²) < 4.78 is 3.65. The molecule has 0 aliphatic heterocycles.